The van der Waals surface area contributed by atoms with Crippen molar-refractivity contribution in [3.8, 4) is 0 Å². The van der Waals surface area contributed by atoms with Gasteiger partial charge in [0.2, 0.25) is 0 Å². The van der Waals surface area contributed by atoms with Crippen molar-refractivity contribution in [2.24, 2.45) is 53.3 Å². The molecule has 5 fully saturated rings. The van der Waals surface area contributed by atoms with Gasteiger partial charge in [0.15, 0.2) is 0 Å². The lowest BCUT2D eigenvalue weighted by atomic mass is 9.54. The molecule has 0 nitrogen and oxygen atoms in total. The van der Waals surface area contributed by atoms with Crippen molar-refractivity contribution >= 4 is 0 Å². The molecule has 0 heterocycles. The second-order valence-electron chi connectivity index (χ2n) is 11.6. The number of hydrogen-bond acceptors (Lipinski definition) is 0. The molecule has 0 aromatic carbocycles. The van der Waals surface area contributed by atoms with E-state index in [9.17, 15) is 0 Å². The van der Waals surface area contributed by atoms with Gasteiger partial charge >= 0.3 is 0 Å². The van der Waals surface area contributed by atoms with Gasteiger partial charge in [-0.2, -0.15) is 0 Å². The van der Waals surface area contributed by atoms with Crippen molar-refractivity contribution in [2.75, 3.05) is 0 Å². The summed E-state index contributed by atoms with van der Waals surface area (Å²) in [5.41, 5.74) is 0. The average Bonchev–Trinajstić information content (AvgIpc) is 3.21. The average molecular weight is 357 g/mol. The maximum absolute atomic E-state index is 2.49. The zero-order valence-corrected chi connectivity index (χ0v) is 17.5. The van der Waals surface area contributed by atoms with Crippen molar-refractivity contribution in [3.63, 3.8) is 0 Å². The highest BCUT2D eigenvalue weighted by atomic mass is 14.5. The normalized spacial score (nSPS) is 45.1. The van der Waals surface area contributed by atoms with E-state index in [1.807, 2.05) is 0 Å². The highest BCUT2D eigenvalue weighted by Crippen LogP contribution is 2.56. The van der Waals surface area contributed by atoms with E-state index in [4.69, 9.17) is 0 Å². The fourth-order valence-corrected chi connectivity index (χ4v) is 8.30. The molecule has 0 bridgehead atoms. The van der Waals surface area contributed by atoms with Gasteiger partial charge in [-0.3, -0.25) is 0 Å². The molecule has 26 heavy (non-hydrogen) atoms. The predicted octanol–water partition coefficient (Wildman–Crippen LogP) is 7.86. The molecule has 0 N–H and O–H groups in total. The van der Waals surface area contributed by atoms with Crippen LogP contribution in [0.15, 0.2) is 0 Å². The molecule has 0 amide bonds. The van der Waals surface area contributed by atoms with Crippen LogP contribution in [0.1, 0.15) is 110 Å². The first-order valence-electron chi connectivity index (χ1n) is 12.8. The van der Waals surface area contributed by atoms with Crippen molar-refractivity contribution in [3.05, 3.63) is 0 Å². The third-order valence-electron chi connectivity index (χ3n) is 10.3. The Morgan fingerprint density at radius 2 is 1.04 bits per heavy atom. The quantitative estimate of drug-likeness (QED) is 0.435. The Balaban J connectivity index is 0.996. The molecule has 148 valence electrons. The molecule has 5 rings (SSSR count). The maximum atomic E-state index is 2.49. The van der Waals surface area contributed by atoms with Crippen LogP contribution in [0.5, 0.6) is 0 Å². The summed E-state index contributed by atoms with van der Waals surface area (Å²) in [6.45, 7) is 2.49. The summed E-state index contributed by atoms with van der Waals surface area (Å²) in [4.78, 5) is 0. The SMILES string of the molecule is CCC(CC1CC(C2CC(C3CCCC3)C2)C1)C1CC(C2CCCC2)C1. The molecule has 0 aromatic rings. The first-order valence-corrected chi connectivity index (χ1v) is 12.8. The number of rotatable bonds is 7. The Bertz CT molecular complexity index is 437. The monoisotopic (exact) mass is 356 g/mol. The summed E-state index contributed by atoms with van der Waals surface area (Å²) in [6.07, 6.45) is 25.3. The first kappa shape index (κ1) is 18.1. The summed E-state index contributed by atoms with van der Waals surface area (Å²) in [6, 6.07) is 0. The zero-order chi connectivity index (χ0) is 17.5. The van der Waals surface area contributed by atoms with E-state index in [1.54, 1.807) is 83.5 Å². The van der Waals surface area contributed by atoms with E-state index in [1.165, 1.54) is 19.3 Å². The number of hydrogen-bond donors (Lipinski definition) is 0. The van der Waals surface area contributed by atoms with Crippen molar-refractivity contribution in [2.45, 2.75) is 110 Å². The van der Waals surface area contributed by atoms with Gasteiger partial charge in [-0.25, -0.2) is 0 Å². The highest BCUT2D eigenvalue weighted by molar-refractivity contribution is 4.96. The maximum Gasteiger partial charge on any atom is -0.0380 e. The van der Waals surface area contributed by atoms with Gasteiger partial charge in [0.1, 0.15) is 0 Å². The summed E-state index contributed by atoms with van der Waals surface area (Å²) >= 11 is 0. The Morgan fingerprint density at radius 1 is 0.577 bits per heavy atom. The van der Waals surface area contributed by atoms with Gasteiger partial charge in [-0.05, 0) is 98.2 Å². The van der Waals surface area contributed by atoms with Crippen LogP contribution in [0.2, 0.25) is 0 Å². The smallest absolute Gasteiger partial charge is 0.0380 e. The van der Waals surface area contributed by atoms with Crippen LogP contribution in [0, 0.1) is 53.3 Å². The lowest BCUT2D eigenvalue weighted by molar-refractivity contribution is -0.00665. The van der Waals surface area contributed by atoms with Gasteiger partial charge in [-0.1, -0.05) is 64.7 Å². The van der Waals surface area contributed by atoms with Crippen LogP contribution >= 0.6 is 0 Å². The van der Waals surface area contributed by atoms with Crippen LogP contribution in [-0.4, -0.2) is 0 Å². The van der Waals surface area contributed by atoms with Gasteiger partial charge in [0.25, 0.3) is 0 Å². The second kappa shape index (κ2) is 7.79. The van der Waals surface area contributed by atoms with E-state index < -0.39 is 0 Å². The molecular weight excluding hydrogens is 312 g/mol. The van der Waals surface area contributed by atoms with E-state index in [-0.39, 0.29) is 0 Å². The Kier molecular flexibility index (Phi) is 5.41. The molecule has 1 atom stereocenters. The van der Waals surface area contributed by atoms with Crippen molar-refractivity contribution in [1.82, 2.24) is 0 Å². The standard InChI is InChI=1S/C26H44/c1-2-19(23-14-24(15-23)20-7-3-4-8-20)11-18-12-22(13-18)26-16-25(17-26)21-9-5-6-10-21/h18-26H,2-17H2,1H3. The third-order valence-corrected chi connectivity index (χ3v) is 10.3. The molecule has 1 unspecified atom stereocenters. The molecular formula is C26H44. The minimum atomic E-state index is 1.09. The molecule has 5 aliphatic rings. The molecule has 5 saturated carbocycles. The third kappa shape index (κ3) is 3.53. The molecule has 0 aliphatic heterocycles. The van der Waals surface area contributed by atoms with Crippen molar-refractivity contribution in [1.29, 1.82) is 0 Å². The van der Waals surface area contributed by atoms with Crippen LogP contribution in [0.3, 0.4) is 0 Å². The minimum absolute atomic E-state index is 1.09. The van der Waals surface area contributed by atoms with Gasteiger partial charge in [-0.15, -0.1) is 0 Å². The topological polar surface area (TPSA) is 0 Å². The lowest BCUT2D eigenvalue weighted by Gasteiger charge is -2.51. The molecule has 0 spiro atoms. The summed E-state index contributed by atoms with van der Waals surface area (Å²) in [5, 5.41) is 0. The molecule has 0 aromatic heterocycles. The van der Waals surface area contributed by atoms with Gasteiger partial charge < -0.3 is 0 Å². The Labute approximate surface area is 163 Å². The Morgan fingerprint density at radius 3 is 1.58 bits per heavy atom. The van der Waals surface area contributed by atoms with Gasteiger partial charge in [0, 0.05) is 0 Å². The fourth-order valence-electron chi connectivity index (χ4n) is 8.30. The molecule has 0 saturated heterocycles. The molecule has 5 aliphatic carbocycles. The van der Waals surface area contributed by atoms with E-state index in [0.717, 1.165) is 53.3 Å². The lowest BCUT2D eigenvalue weighted by Crippen LogP contribution is -2.41. The van der Waals surface area contributed by atoms with Crippen LogP contribution in [-0.2, 0) is 0 Å². The summed E-state index contributed by atoms with van der Waals surface area (Å²) < 4.78 is 0. The Hall–Kier alpha value is 0. The predicted molar refractivity (Wildman–Crippen MR) is 111 cm³/mol. The van der Waals surface area contributed by atoms with Crippen LogP contribution < -0.4 is 0 Å². The first-order chi connectivity index (χ1) is 12.8. The zero-order valence-electron chi connectivity index (χ0n) is 17.5. The van der Waals surface area contributed by atoms with Crippen LogP contribution in [0.4, 0.5) is 0 Å². The molecule has 0 heteroatoms. The van der Waals surface area contributed by atoms with E-state index in [0.29, 0.717) is 0 Å². The van der Waals surface area contributed by atoms with Crippen molar-refractivity contribution < 1.29 is 0 Å². The van der Waals surface area contributed by atoms with Crippen LogP contribution in [0.25, 0.3) is 0 Å². The summed E-state index contributed by atoms with van der Waals surface area (Å²) in [5.74, 6) is 10.3. The minimum Gasteiger partial charge on any atom is -0.0651 e. The summed E-state index contributed by atoms with van der Waals surface area (Å²) in [7, 11) is 0. The fraction of sp³-hybridized carbons (Fsp3) is 1.00. The largest absolute Gasteiger partial charge is 0.0651 e. The second-order valence-corrected chi connectivity index (χ2v) is 11.6. The highest BCUT2D eigenvalue weighted by Gasteiger charge is 2.45. The molecule has 0 radical (unpaired) electrons. The van der Waals surface area contributed by atoms with E-state index >= 15 is 0 Å². The van der Waals surface area contributed by atoms with Gasteiger partial charge in [0.05, 0.1) is 0 Å². The van der Waals surface area contributed by atoms with E-state index in [2.05, 4.69) is 6.92 Å².